The number of halogens is 3. The van der Waals surface area contributed by atoms with Crippen LogP contribution in [0.2, 0.25) is 0 Å². The van der Waals surface area contributed by atoms with Gasteiger partial charge in [0.05, 0.1) is 11.5 Å². The summed E-state index contributed by atoms with van der Waals surface area (Å²) in [5, 5.41) is 2.85. The van der Waals surface area contributed by atoms with E-state index in [1.807, 2.05) is 6.92 Å². The van der Waals surface area contributed by atoms with Crippen molar-refractivity contribution < 1.29 is 27.5 Å². The zero-order chi connectivity index (χ0) is 19.7. The standard InChI is InChI=1S/C18H21F3N2O3S/c1-17-7-6-15(24)23(17)14(10-27-17)16(25)22-8-12-2-4-13(5-3-12)9-26-11-18(19,20)21/h2-5,14H,6-11H2,1H3,(H,22,25)/t14-,17-/m1/s1. The number of hydrogen-bond donors (Lipinski definition) is 1. The highest BCUT2D eigenvalue weighted by atomic mass is 32.2. The van der Waals surface area contributed by atoms with Crippen molar-refractivity contribution in [3.8, 4) is 0 Å². The van der Waals surface area contributed by atoms with Crippen LogP contribution in [-0.2, 0) is 27.5 Å². The van der Waals surface area contributed by atoms with E-state index in [1.165, 1.54) is 0 Å². The van der Waals surface area contributed by atoms with Gasteiger partial charge in [0.15, 0.2) is 0 Å². The van der Waals surface area contributed by atoms with Gasteiger partial charge in [-0.2, -0.15) is 13.2 Å². The molecule has 2 fully saturated rings. The zero-order valence-electron chi connectivity index (χ0n) is 14.8. The number of benzene rings is 1. The predicted molar refractivity (Wildman–Crippen MR) is 94.7 cm³/mol. The quantitative estimate of drug-likeness (QED) is 0.795. The van der Waals surface area contributed by atoms with Crippen LogP contribution in [-0.4, -0.2) is 46.2 Å². The summed E-state index contributed by atoms with van der Waals surface area (Å²) >= 11 is 1.64. The fraction of sp³-hybridized carbons (Fsp3) is 0.556. The van der Waals surface area contributed by atoms with Gasteiger partial charge >= 0.3 is 6.18 Å². The molecule has 1 N–H and O–H groups in total. The van der Waals surface area contributed by atoms with E-state index in [4.69, 9.17) is 0 Å². The number of carbonyl (C=O) groups is 2. The third kappa shape index (κ3) is 4.76. The second-order valence-electron chi connectivity index (χ2n) is 6.91. The third-order valence-corrected chi connectivity index (χ3v) is 6.28. The van der Waals surface area contributed by atoms with Crippen LogP contribution < -0.4 is 5.32 Å². The number of alkyl halides is 3. The topological polar surface area (TPSA) is 58.6 Å². The fourth-order valence-corrected chi connectivity index (χ4v) is 4.79. The minimum absolute atomic E-state index is 0.0193. The highest BCUT2D eigenvalue weighted by Crippen LogP contribution is 2.47. The lowest BCUT2D eigenvalue weighted by Gasteiger charge is -2.29. The lowest BCUT2D eigenvalue weighted by Crippen LogP contribution is -2.49. The molecule has 0 aliphatic carbocycles. The van der Waals surface area contributed by atoms with Gasteiger partial charge in [-0.3, -0.25) is 9.59 Å². The second kappa shape index (κ2) is 7.71. The SMILES string of the molecule is C[C@@]12CCC(=O)N1[C@@H](C(=O)NCc1ccc(COCC(F)(F)F)cc1)CS2. The van der Waals surface area contributed by atoms with Crippen LogP contribution in [0.4, 0.5) is 13.2 Å². The van der Waals surface area contributed by atoms with Crippen LogP contribution >= 0.6 is 11.8 Å². The van der Waals surface area contributed by atoms with Crippen molar-refractivity contribution in [3.05, 3.63) is 35.4 Å². The second-order valence-corrected chi connectivity index (χ2v) is 8.41. The van der Waals surface area contributed by atoms with Gasteiger partial charge in [-0.05, 0) is 24.5 Å². The highest BCUT2D eigenvalue weighted by molar-refractivity contribution is 8.01. The van der Waals surface area contributed by atoms with Crippen molar-refractivity contribution >= 4 is 23.6 Å². The lowest BCUT2D eigenvalue weighted by molar-refractivity contribution is -0.176. The molecular weight excluding hydrogens is 381 g/mol. The van der Waals surface area contributed by atoms with Crippen molar-refractivity contribution in [2.75, 3.05) is 12.4 Å². The van der Waals surface area contributed by atoms with E-state index in [0.717, 1.165) is 12.0 Å². The molecule has 0 radical (unpaired) electrons. The number of amides is 2. The summed E-state index contributed by atoms with van der Waals surface area (Å²) in [5.41, 5.74) is 1.45. The molecule has 1 aromatic carbocycles. The van der Waals surface area contributed by atoms with Crippen LogP contribution in [0.5, 0.6) is 0 Å². The van der Waals surface area contributed by atoms with Crippen molar-refractivity contribution in [2.24, 2.45) is 0 Å². The Morgan fingerprint density at radius 2 is 2.00 bits per heavy atom. The zero-order valence-corrected chi connectivity index (χ0v) is 15.7. The Morgan fingerprint density at radius 1 is 1.33 bits per heavy atom. The van der Waals surface area contributed by atoms with E-state index >= 15 is 0 Å². The molecule has 148 valence electrons. The number of nitrogens with zero attached hydrogens (tertiary/aromatic N) is 1. The number of nitrogens with one attached hydrogen (secondary N) is 1. The van der Waals surface area contributed by atoms with Gasteiger partial charge in [0.1, 0.15) is 12.6 Å². The number of carbonyl (C=O) groups excluding carboxylic acids is 2. The van der Waals surface area contributed by atoms with Crippen LogP contribution in [0.25, 0.3) is 0 Å². The first-order chi connectivity index (χ1) is 12.7. The number of fused-ring (bicyclic) bond motifs is 1. The Bertz CT molecular complexity index is 711. The smallest absolute Gasteiger partial charge is 0.367 e. The van der Waals surface area contributed by atoms with Crippen LogP contribution in [0, 0.1) is 0 Å². The van der Waals surface area contributed by atoms with E-state index in [0.29, 0.717) is 24.3 Å². The summed E-state index contributed by atoms with van der Waals surface area (Å²) in [5.74, 6) is 0.425. The molecule has 0 bridgehead atoms. The van der Waals surface area contributed by atoms with Gasteiger partial charge in [0.2, 0.25) is 11.8 Å². The van der Waals surface area contributed by atoms with E-state index in [2.05, 4.69) is 10.1 Å². The van der Waals surface area contributed by atoms with Gasteiger partial charge in [-0.1, -0.05) is 24.3 Å². The normalized spacial score (nSPS) is 25.0. The number of rotatable bonds is 6. The van der Waals surface area contributed by atoms with Gasteiger partial charge in [-0.25, -0.2) is 0 Å². The van der Waals surface area contributed by atoms with Gasteiger partial charge in [0, 0.05) is 18.7 Å². The summed E-state index contributed by atoms with van der Waals surface area (Å²) in [4.78, 5) is 26.0. The Morgan fingerprint density at radius 3 is 2.67 bits per heavy atom. The molecule has 2 saturated heterocycles. The molecule has 2 heterocycles. The van der Waals surface area contributed by atoms with Crippen LogP contribution in [0.15, 0.2) is 24.3 Å². The van der Waals surface area contributed by atoms with E-state index in [-0.39, 0.29) is 23.3 Å². The summed E-state index contributed by atoms with van der Waals surface area (Å²) in [7, 11) is 0. The van der Waals surface area contributed by atoms with Gasteiger partial charge in [-0.15, -0.1) is 11.8 Å². The molecule has 2 aliphatic rings. The first-order valence-electron chi connectivity index (χ1n) is 8.64. The maximum Gasteiger partial charge on any atom is 0.411 e. The maximum atomic E-state index is 12.5. The summed E-state index contributed by atoms with van der Waals surface area (Å²) < 4.78 is 40.8. The number of hydrogen-bond acceptors (Lipinski definition) is 4. The average Bonchev–Trinajstić information content (AvgIpc) is 3.09. The van der Waals surface area contributed by atoms with E-state index in [9.17, 15) is 22.8 Å². The Labute approximate surface area is 159 Å². The van der Waals surface area contributed by atoms with Crippen molar-refractivity contribution in [2.45, 2.75) is 50.0 Å². The summed E-state index contributed by atoms with van der Waals surface area (Å²) in [6.45, 7) is 0.886. The molecule has 0 unspecified atom stereocenters. The van der Waals surface area contributed by atoms with Crippen LogP contribution in [0.1, 0.15) is 30.9 Å². The number of ether oxygens (including phenoxy) is 1. The van der Waals surface area contributed by atoms with Crippen molar-refractivity contribution in [1.29, 1.82) is 0 Å². The molecule has 0 saturated carbocycles. The van der Waals surface area contributed by atoms with Gasteiger partial charge < -0.3 is 15.0 Å². The van der Waals surface area contributed by atoms with E-state index in [1.54, 1.807) is 40.9 Å². The highest BCUT2D eigenvalue weighted by Gasteiger charge is 2.52. The first kappa shape index (κ1) is 20.0. The molecule has 2 atom stereocenters. The molecular formula is C18H21F3N2O3S. The molecule has 0 aromatic heterocycles. The molecule has 5 nitrogen and oxygen atoms in total. The van der Waals surface area contributed by atoms with Crippen molar-refractivity contribution in [1.82, 2.24) is 10.2 Å². The number of thioether (sulfide) groups is 1. The monoisotopic (exact) mass is 402 g/mol. The summed E-state index contributed by atoms with van der Waals surface area (Å²) in [6, 6.07) is 6.36. The Hall–Kier alpha value is -1.74. The van der Waals surface area contributed by atoms with E-state index < -0.39 is 18.8 Å². The Balaban J connectivity index is 1.49. The van der Waals surface area contributed by atoms with Crippen LogP contribution in [0.3, 0.4) is 0 Å². The van der Waals surface area contributed by atoms with Gasteiger partial charge in [0.25, 0.3) is 0 Å². The molecule has 0 spiro atoms. The largest absolute Gasteiger partial charge is 0.411 e. The average molecular weight is 402 g/mol. The fourth-order valence-electron chi connectivity index (χ4n) is 3.36. The molecule has 1 aromatic rings. The minimum atomic E-state index is -4.34. The first-order valence-corrected chi connectivity index (χ1v) is 9.63. The Kier molecular flexibility index (Phi) is 5.71. The lowest BCUT2D eigenvalue weighted by atomic mass is 10.1. The third-order valence-electron chi connectivity index (χ3n) is 4.77. The molecule has 9 heteroatoms. The predicted octanol–water partition coefficient (Wildman–Crippen LogP) is 2.84. The molecule has 2 amide bonds. The molecule has 27 heavy (non-hydrogen) atoms. The molecule has 2 aliphatic heterocycles. The molecule has 3 rings (SSSR count). The minimum Gasteiger partial charge on any atom is -0.367 e. The maximum absolute atomic E-state index is 12.5. The summed E-state index contributed by atoms with van der Waals surface area (Å²) in [6.07, 6.45) is -3.10. The van der Waals surface area contributed by atoms with Crippen molar-refractivity contribution in [3.63, 3.8) is 0 Å².